The van der Waals surface area contributed by atoms with Crippen molar-refractivity contribution in [2.75, 3.05) is 13.6 Å². The zero-order valence-corrected chi connectivity index (χ0v) is 18.0. The number of amides is 5. The molecule has 0 atom stereocenters. The van der Waals surface area contributed by atoms with E-state index in [-0.39, 0.29) is 29.3 Å². The molecule has 0 aliphatic carbocycles. The molecular weight excluding hydrogens is 448 g/mol. The summed E-state index contributed by atoms with van der Waals surface area (Å²) in [6, 6.07) is 8.06. The van der Waals surface area contributed by atoms with Gasteiger partial charge in [0.25, 0.3) is 29.5 Å². The fourth-order valence-corrected chi connectivity index (χ4v) is 4.67. The number of carbonyl (C=O) groups is 5. The van der Waals surface area contributed by atoms with Crippen LogP contribution in [0.15, 0.2) is 42.0 Å². The smallest absolute Gasteiger partial charge is 0.290 e. The van der Waals surface area contributed by atoms with Crippen molar-refractivity contribution in [3.63, 3.8) is 0 Å². The normalized spacial score (nSPS) is 14.5. The van der Waals surface area contributed by atoms with E-state index in [2.05, 4.69) is 15.8 Å². The van der Waals surface area contributed by atoms with Crippen LogP contribution in [0.1, 0.15) is 46.6 Å². The van der Waals surface area contributed by atoms with Crippen molar-refractivity contribution in [2.24, 2.45) is 0 Å². The van der Waals surface area contributed by atoms with Crippen LogP contribution < -0.4 is 10.9 Å². The Morgan fingerprint density at radius 1 is 1.03 bits per heavy atom. The number of rotatable bonds is 3. The molecule has 5 rings (SSSR count). The Bertz CT molecular complexity index is 1320. The molecule has 4 heterocycles. The van der Waals surface area contributed by atoms with Crippen LogP contribution in [-0.4, -0.2) is 62.5 Å². The standard InChI is InChI=1S/C21H16N6O5S/c1-25-8-14-16(22-10-27(14)13-6-7-33-17(13)21(25)32)18(29)24-23-15(28)9-26-19(30)11-4-2-3-5-12(11)20(26)31/h2-7,10H,8-9H2,1H3,(H,23,28)(H,24,29). The first kappa shape index (κ1) is 20.6. The molecule has 0 fully saturated rings. The van der Waals surface area contributed by atoms with Crippen LogP contribution in [0.3, 0.4) is 0 Å². The molecule has 0 radical (unpaired) electrons. The Balaban J connectivity index is 1.28. The second-order valence-corrected chi connectivity index (χ2v) is 8.37. The lowest BCUT2D eigenvalue weighted by Crippen LogP contribution is -2.48. The number of imide groups is 1. The highest BCUT2D eigenvalue weighted by Gasteiger charge is 2.36. The van der Waals surface area contributed by atoms with Crippen molar-refractivity contribution in [3.8, 4) is 5.69 Å². The monoisotopic (exact) mass is 464 g/mol. The van der Waals surface area contributed by atoms with Crippen LogP contribution in [0.5, 0.6) is 0 Å². The molecule has 2 aliphatic heterocycles. The third-order valence-electron chi connectivity index (χ3n) is 5.41. The summed E-state index contributed by atoms with van der Waals surface area (Å²) in [5.74, 6) is -2.76. The van der Waals surface area contributed by atoms with Crippen LogP contribution in [0.2, 0.25) is 0 Å². The van der Waals surface area contributed by atoms with Gasteiger partial charge in [-0.3, -0.25) is 44.3 Å². The predicted molar refractivity (Wildman–Crippen MR) is 115 cm³/mol. The summed E-state index contributed by atoms with van der Waals surface area (Å²) < 4.78 is 1.67. The van der Waals surface area contributed by atoms with Gasteiger partial charge in [0, 0.05) is 7.05 Å². The third kappa shape index (κ3) is 3.27. The van der Waals surface area contributed by atoms with Gasteiger partial charge in [0.15, 0.2) is 5.69 Å². The number of hydrogen-bond acceptors (Lipinski definition) is 7. The topological polar surface area (TPSA) is 134 Å². The molecular formula is C21H16N6O5S. The molecule has 2 aliphatic rings. The molecule has 2 aromatic heterocycles. The Labute approximate surface area is 190 Å². The lowest BCUT2D eigenvalue weighted by Gasteiger charge is -2.15. The summed E-state index contributed by atoms with van der Waals surface area (Å²) >= 11 is 1.30. The molecule has 11 nitrogen and oxygen atoms in total. The number of nitrogens with one attached hydrogen (secondary N) is 2. The fourth-order valence-electron chi connectivity index (χ4n) is 3.80. The van der Waals surface area contributed by atoms with Crippen molar-refractivity contribution in [3.05, 3.63) is 69.4 Å². The maximum atomic E-state index is 12.7. The molecule has 0 bridgehead atoms. The highest BCUT2D eigenvalue weighted by atomic mass is 32.1. The fraction of sp³-hybridized carbons (Fsp3) is 0.143. The molecule has 0 spiro atoms. The number of benzene rings is 1. The van der Waals surface area contributed by atoms with Crippen molar-refractivity contribution in [2.45, 2.75) is 6.54 Å². The first-order valence-electron chi connectivity index (χ1n) is 9.80. The van der Waals surface area contributed by atoms with Crippen molar-refractivity contribution < 1.29 is 24.0 Å². The maximum Gasteiger partial charge on any atom is 0.290 e. The van der Waals surface area contributed by atoms with Crippen molar-refractivity contribution in [1.82, 2.24) is 30.2 Å². The average molecular weight is 464 g/mol. The Morgan fingerprint density at radius 3 is 2.42 bits per heavy atom. The Kier molecular flexibility index (Phi) is 4.78. The number of nitrogens with zero attached hydrogens (tertiary/aromatic N) is 4. The van der Waals surface area contributed by atoms with Gasteiger partial charge in [0.1, 0.15) is 17.7 Å². The zero-order valence-electron chi connectivity index (χ0n) is 17.2. The Hall–Kier alpha value is -4.32. The minimum absolute atomic E-state index is 0.0368. The van der Waals surface area contributed by atoms with Gasteiger partial charge in [-0.05, 0) is 23.6 Å². The van der Waals surface area contributed by atoms with Gasteiger partial charge in [-0.15, -0.1) is 11.3 Å². The summed E-state index contributed by atoms with van der Waals surface area (Å²) in [6.45, 7) is -0.407. The molecule has 2 N–H and O–H groups in total. The van der Waals surface area contributed by atoms with E-state index in [0.29, 0.717) is 16.3 Å². The molecule has 0 unspecified atom stereocenters. The number of hydrazine groups is 1. The van der Waals surface area contributed by atoms with Gasteiger partial charge >= 0.3 is 0 Å². The van der Waals surface area contributed by atoms with Crippen LogP contribution in [-0.2, 0) is 11.3 Å². The van der Waals surface area contributed by atoms with Gasteiger partial charge in [0.2, 0.25) is 0 Å². The SMILES string of the molecule is CN1Cc2c(C(=O)NNC(=O)CN3C(=O)c4ccccc4C3=O)ncn2-c2ccsc2C1=O. The summed E-state index contributed by atoms with van der Waals surface area (Å²) in [7, 11) is 1.63. The largest absolute Gasteiger partial charge is 0.335 e. The lowest BCUT2D eigenvalue weighted by molar-refractivity contribution is -0.122. The van der Waals surface area contributed by atoms with Crippen molar-refractivity contribution in [1.29, 1.82) is 0 Å². The molecule has 3 aromatic rings. The van der Waals surface area contributed by atoms with E-state index in [4.69, 9.17) is 0 Å². The minimum Gasteiger partial charge on any atom is -0.335 e. The van der Waals surface area contributed by atoms with E-state index in [1.165, 1.54) is 34.7 Å². The van der Waals surface area contributed by atoms with Crippen LogP contribution in [0, 0.1) is 0 Å². The highest BCUT2D eigenvalue weighted by molar-refractivity contribution is 7.12. The number of thiophene rings is 1. The summed E-state index contributed by atoms with van der Waals surface area (Å²) in [6.07, 6.45) is 1.45. The second kappa shape index (κ2) is 7.67. The van der Waals surface area contributed by atoms with E-state index < -0.39 is 30.2 Å². The summed E-state index contributed by atoms with van der Waals surface area (Å²) in [5, 5.41) is 1.78. The third-order valence-corrected chi connectivity index (χ3v) is 6.30. The van der Waals surface area contributed by atoms with Crippen LogP contribution in [0.25, 0.3) is 5.69 Å². The zero-order chi connectivity index (χ0) is 23.3. The molecule has 12 heteroatoms. The molecule has 1 aromatic carbocycles. The first-order valence-corrected chi connectivity index (χ1v) is 10.7. The Morgan fingerprint density at radius 2 is 1.73 bits per heavy atom. The molecule has 166 valence electrons. The predicted octanol–water partition coefficient (Wildman–Crippen LogP) is 0.577. The highest BCUT2D eigenvalue weighted by Crippen LogP contribution is 2.29. The summed E-state index contributed by atoms with van der Waals surface area (Å²) in [5.41, 5.74) is 6.07. The number of aromatic nitrogens is 2. The molecule has 33 heavy (non-hydrogen) atoms. The van der Waals surface area contributed by atoms with Crippen LogP contribution in [0.4, 0.5) is 0 Å². The number of hydrogen-bond donors (Lipinski definition) is 2. The first-order chi connectivity index (χ1) is 15.9. The lowest BCUT2D eigenvalue weighted by atomic mass is 10.1. The van der Waals surface area contributed by atoms with Gasteiger partial charge in [0.05, 0.1) is 29.1 Å². The molecule has 0 saturated carbocycles. The van der Waals surface area contributed by atoms with E-state index >= 15 is 0 Å². The van der Waals surface area contributed by atoms with Crippen LogP contribution >= 0.6 is 11.3 Å². The number of imidazole rings is 1. The number of carbonyl (C=O) groups excluding carboxylic acids is 5. The molecule has 0 saturated heterocycles. The van der Waals surface area contributed by atoms with Gasteiger partial charge in [-0.25, -0.2) is 4.98 Å². The molecule has 5 amide bonds. The van der Waals surface area contributed by atoms with Gasteiger partial charge in [-0.1, -0.05) is 12.1 Å². The van der Waals surface area contributed by atoms with E-state index in [1.807, 2.05) is 0 Å². The maximum absolute atomic E-state index is 12.7. The van der Waals surface area contributed by atoms with Crippen molar-refractivity contribution >= 4 is 40.9 Å². The number of fused-ring (bicyclic) bond motifs is 4. The quantitative estimate of drug-likeness (QED) is 0.430. The van der Waals surface area contributed by atoms with Gasteiger partial charge in [-0.2, -0.15) is 0 Å². The second-order valence-electron chi connectivity index (χ2n) is 7.45. The van der Waals surface area contributed by atoms with E-state index in [0.717, 1.165) is 4.90 Å². The average Bonchev–Trinajstić information content (AvgIpc) is 3.49. The van der Waals surface area contributed by atoms with E-state index in [9.17, 15) is 24.0 Å². The minimum atomic E-state index is -0.754. The van der Waals surface area contributed by atoms with Gasteiger partial charge < -0.3 is 4.90 Å². The summed E-state index contributed by atoms with van der Waals surface area (Å²) in [4.78, 5) is 69.4. The van der Waals surface area contributed by atoms with E-state index in [1.54, 1.807) is 35.2 Å².